The van der Waals surface area contributed by atoms with Crippen LogP contribution in [0.3, 0.4) is 0 Å². The molecule has 0 fully saturated rings. The molecule has 0 aliphatic rings. The molecule has 0 aliphatic heterocycles. The summed E-state index contributed by atoms with van der Waals surface area (Å²) in [5.74, 6) is 0.990. The van der Waals surface area contributed by atoms with Crippen molar-refractivity contribution in [1.82, 2.24) is 4.98 Å². The Hall–Kier alpha value is -1.56. The Bertz CT molecular complexity index is 360. The highest BCUT2D eigenvalue weighted by atomic mass is 16.3. The molecule has 0 aliphatic carbocycles. The van der Waals surface area contributed by atoms with Gasteiger partial charge < -0.3 is 4.42 Å². The number of allylic oxidation sites excluding steroid dienone is 2. The van der Waals surface area contributed by atoms with E-state index in [1.807, 2.05) is 6.92 Å². The van der Waals surface area contributed by atoms with E-state index in [1.54, 1.807) is 6.20 Å². The van der Waals surface area contributed by atoms with Crippen LogP contribution in [0, 0.1) is 17.2 Å². The van der Waals surface area contributed by atoms with Gasteiger partial charge in [0.25, 0.3) is 0 Å². The molecule has 1 aromatic heterocycles. The van der Waals surface area contributed by atoms with E-state index in [1.165, 1.54) is 12.0 Å². The SMILES string of the molecule is CC/C=C(\CCCC(C)C#N)c1cnco1. The second kappa shape index (κ2) is 6.84. The van der Waals surface area contributed by atoms with Crippen molar-refractivity contribution in [1.29, 1.82) is 5.26 Å². The van der Waals surface area contributed by atoms with Crippen LogP contribution in [0.25, 0.3) is 5.57 Å². The lowest BCUT2D eigenvalue weighted by Gasteiger charge is -2.05. The zero-order valence-electron chi connectivity index (χ0n) is 9.94. The van der Waals surface area contributed by atoms with E-state index in [4.69, 9.17) is 9.68 Å². The predicted molar refractivity (Wildman–Crippen MR) is 63.4 cm³/mol. The molecule has 0 radical (unpaired) electrons. The lowest BCUT2D eigenvalue weighted by Crippen LogP contribution is -1.91. The molecular formula is C13H18N2O. The molecule has 1 aromatic rings. The smallest absolute Gasteiger partial charge is 0.181 e. The summed E-state index contributed by atoms with van der Waals surface area (Å²) in [4.78, 5) is 3.92. The lowest BCUT2D eigenvalue weighted by molar-refractivity contribution is 0.538. The largest absolute Gasteiger partial charge is 0.444 e. The molecule has 3 heteroatoms. The second-order valence-corrected chi connectivity index (χ2v) is 3.93. The van der Waals surface area contributed by atoms with Gasteiger partial charge in [0.2, 0.25) is 0 Å². The van der Waals surface area contributed by atoms with E-state index in [0.717, 1.165) is 31.4 Å². The highest BCUT2D eigenvalue weighted by molar-refractivity contribution is 5.60. The van der Waals surface area contributed by atoms with Gasteiger partial charge in [-0.3, -0.25) is 0 Å². The monoisotopic (exact) mass is 218 g/mol. The Labute approximate surface area is 96.8 Å². The summed E-state index contributed by atoms with van der Waals surface area (Å²) in [5, 5.41) is 8.69. The highest BCUT2D eigenvalue weighted by Crippen LogP contribution is 2.22. The van der Waals surface area contributed by atoms with Gasteiger partial charge in [-0.05, 0) is 38.2 Å². The average Bonchev–Trinajstić information content (AvgIpc) is 2.81. The van der Waals surface area contributed by atoms with Gasteiger partial charge in [-0.15, -0.1) is 0 Å². The van der Waals surface area contributed by atoms with Crippen LogP contribution >= 0.6 is 0 Å². The van der Waals surface area contributed by atoms with Crippen molar-refractivity contribution in [3.8, 4) is 6.07 Å². The minimum atomic E-state index is 0.137. The van der Waals surface area contributed by atoms with Crippen molar-refractivity contribution >= 4 is 5.57 Å². The number of rotatable bonds is 6. The number of hydrogen-bond acceptors (Lipinski definition) is 3. The molecule has 1 rings (SSSR count). The third-order valence-electron chi connectivity index (χ3n) is 2.50. The highest BCUT2D eigenvalue weighted by Gasteiger charge is 2.06. The summed E-state index contributed by atoms with van der Waals surface area (Å²) < 4.78 is 5.29. The zero-order chi connectivity index (χ0) is 11.8. The Morgan fingerprint density at radius 3 is 3.06 bits per heavy atom. The fourth-order valence-corrected chi connectivity index (χ4v) is 1.61. The van der Waals surface area contributed by atoms with E-state index in [2.05, 4.69) is 24.1 Å². The molecular weight excluding hydrogens is 200 g/mol. The summed E-state index contributed by atoms with van der Waals surface area (Å²) >= 11 is 0. The summed E-state index contributed by atoms with van der Waals surface area (Å²) in [5.41, 5.74) is 1.20. The van der Waals surface area contributed by atoms with Crippen LogP contribution in [0.1, 0.15) is 45.3 Å². The molecule has 0 aromatic carbocycles. The van der Waals surface area contributed by atoms with Crippen LogP contribution in [0.2, 0.25) is 0 Å². The van der Waals surface area contributed by atoms with Crippen molar-refractivity contribution < 1.29 is 4.42 Å². The molecule has 0 spiro atoms. The minimum absolute atomic E-state index is 0.137. The summed E-state index contributed by atoms with van der Waals surface area (Å²) in [6, 6.07) is 2.25. The molecule has 1 atom stereocenters. The molecule has 1 heterocycles. The minimum Gasteiger partial charge on any atom is -0.444 e. The van der Waals surface area contributed by atoms with Crippen LogP contribution in [-0.2, 0) is 0 Å². The quantitative estimate of drug-likeness (QED) is 0.729. The summed E-state index contributed by atoms with van der Waals surface area (Å²) in [6.07, 6.45) is 9.26. The normalized spacial score (nSPS) is 13.4. The van der Waals surface area contributed by atoms with Crippen LogP contribution < -0.4 is 0 Å². The van der Waals surface area contributed by atoms with Gasteiger partial charge in [0.15, 0.2) is 6.39 Å². The maximum absolute atomic E-state index is 8.69. The maximum atomic E-state index is 8.69. The number of hydrogen-bond donors (Lipinski definition) is 0. The molecule has 1 unspecified atom stereocenters. The standard InChI is InChI=1S/C13H18N2O/c1-3-5-12(13-9-15-10-16-13)7-4-6-11(2)8-14/h5,9-11H,3-4,6-7H2,1-2H3/b12-5+. The zero-order valence-corrected chi connectivity index (χ0v) is 9.94. The fraction of sp³-hybridized carbons (Fsp3) is 0.538. The van der Waals surface area contributed by atoms with Crippen molar-refractivity contribution in [2.45, 2.75) is 39.5 Å². The summed E-state index contributed by atoms with van der Waals surface area (Å²) in [6.45, 7) is 4.06. The Kier molecular flexibility index (Phi) is 5.35. The third kappa shape index (κ3) is 3.90. The van der Waals surface area contributed by atoms with Gasteiger partial charge in [-0.25, -0.2) is 4.98 Å². The van der Waals surface area contributed by atoms with Gasteiger partial charge in [0, 0.05) is 5.92 Å². The van der Waals surface area contributed by atoms with Gasteiger partial charge in [-0.2, -0.15) is 5.26 Å². The third-order valence-corrected chi connectivity index (χ3v) is 2.50. The Balaban J connectivity index is 2.49. The van der Waals surface area contributed by atoms with E-state index in [0.29, 0.717) is 0 Å². The first-order valence-electron chi connectivity index (χ1n) is 5.75. The number of oxazole rings is 1. The van der Waals surface area contributed by atoms with Gasteiger partial charge >= 0.3 is 0 Å². The molecule has 0 saturated carbocycles. The van der Waals surface area contributed by atoms with Crippen molar-refractivity contribution in [3.05, 3.63) is 24.4 Å². The van der Waals surface area contributed by atoms with Gasteiger partial charge in [0.05, 0.1) is 12.3 Å². The average molecular weight is 218 g/mol. The van der Waals surface area contributed by atoms with Crippen LogP contribution in [0.5, 0.6) is 0 Å². The first-order chi connectivity index (χ1) is 7.77. The molecule has 0 bridgehead atoms. The second-order valence-electron chi connectivity index (χ2n) is 3.93. The molecule has 3 nitrogen and oxygen atoms in total. The fourth-order valence-electron chi connectivity index (χ4n) is 1.61. The molecule has 0 saturated heterocycles. The van der Waals surface area contributed by atoms with E-state index >= 15 is 0 Å². The molecule has 0 amide bonds. The maximum Gasteiger partial charge on any atom is 0.181 e. The van der Waals surface area contributed by atoms with Crippen molar-refractivity contribution in [2.75, 3.05) is 0 Å². The molecule has 86 valence electrons. The van der Waals surface area contributed by atoms with Gasteiger partial charge in [0.1, 0.15) is 5.76 Å². The topological polar surface area (TPSA) is 49.8 Å². The first-order valence-corrected chi connectivity index (χ1v) is 5.75. The van der Waals surface area contributed by atoms with Crippen molar-refractivity contribution in [3.63, 3.8) is 0 Å². The van der Waals surface area contributed by atoms with Crippen molar-refractivity contribution in [2.24, 2.45) is 5.92 Å². The Morgan fingerprint density at radius 1 is 1.69 bits per heavy atom. The molecule has 16 heavy (non-hydrogen) atoms. The lowest BCUT2D eigenvalue weighted by atomic mass is 10.0. The van der Waals surface area contributed by atoms with Crippen LogP contribution in [0.15, 0.2) is 23.1 Å². The van der Waals surface area contributed by atoms with Crippen LogP contribution in [0.4, 0.5) is 0 Å². The van der Waals surface area contributed by atoms with E-state index in [-0.39, 0.29) is 5.92 Å². The van der Waals surface area contributed by atoms with E-state index in [9.17, 15) is 0 Å². The van der Waals surface area contributed by atoms with Crippen LogP contribution in [-0.4, -0.2) is 4.98 Å². The number of aromatic nitrogens is 1. The Morgan fingerprint density at radius 2 is 2.50 bits per heavy atom. The first kappa shape index (κ1) is 12.5. The van der Waals surface area contributed by atoms with Gasteiger partial charge in [-0.1, -0.05) is 13.0 Å². The number of nitriles is 1. The summed E-state index contributed by atoms with van der Waals surface area (Å²) in [7, 11) is 0. The van der Waals surface area contributed by atoms with E-state index < -0.39 is 0 Å². The number of nitrogens with zero attached hydrogens (tertiary/aromatic N) is 2. The predicted octanol–water partition coefficient (Wildman–Crippen LogP) is 3.80. The molecule has 0 N–H and O–H groups in total.